The minimum atomic E-state index is -0.747. The Hall–Kier alpha value is -2.47. The van der Waals surface area contributed by atoms with Crippen LogP contribution in [0.3, 0.4) is 0 Å². The SMILES string of the molecule is CCCC(C(=O)O)C1SC[C@H]2C1N(Cc1ccccc1)C(=O)N2Cc1ccccc1. The van der Waals surface area contributed by atoms with Gasteiger partial charge in [0.05, 0.1) is 18.0 Å². The number of thioether (sulfide) groups is 1. The highest BCUT2D eigenvalue weighted by Gasteiger charge is 2.55. The van der Waals surface area contributed by atoms with Gasteiger partial charge in [-0.3, -0.25) is 4.79 Å². The number of rotatable bonds is 8. The van der Waals surface area contributed by atoms with Crippen LogP contribution in [0.15, 0.2) is 60.7 Å². The standard InChI is InChI=1S/C24H28N2O3S/c1-2-9-19(23(27)28)22-21-20(16-30-22)25(14-17-10-5-3-6-11-17)24(29)26(21)15-18-12-7-4-8-13-18/h3-8,10-13,19-22H,2,9,14-16H2,1H3,(H,27,28)/t19?,20-,21?,22?/m0/s1. The molecule has 0 bridgehead atoms. The summed E-state index contributed by atoms with van der Waals surface area (Å²) in [7, 11) is 0. The van der Waals surface area contributed by atoms with Gasteiger partial charge in [-0.05, 0) is 17.5 Å². The van der Waals surface area contributed by atoms with Gasteiger partial charge in [0.15, 0.2) is 0 Å². The van der Waals surface area contributed by atoms with E-state index in [0.717, 1.165) is 23.3 Å². The van der Waals surface area contributed by atoms with Gasteiger partial charge in [0.1, 0.15) is 0 Å². The maximum absolute atomic E-state index is 13.5. The molecule has 2 saturated heterocycles. The zero-order valence-corrected chi connectivity index (χ0v) is 18.0. The molecule has 0 saturated carbocycles. The molecule has 0 spiro atoms. The Kier molecular flexibility index (Phi) is 6.32. The van der Waals surface area contributed by atoms with Crippen LogP contribution in [0.5, 0.6) is 0 Å². The third-order valence-corrected chi connectivity index (χ3v) is 7.67. The summed E-state index contributed by atoms with van der Waals surface area (Å²) in [4.78, 5) is 29.5. The summed E-state index contributed by atoms with van der Waals surface area (Å²) in [6.07, 6.45) is 1.47. The van der Waals surface area contributed by atoms with E-state index < -0.39 is 11.9 Å². The van der Waals surface area contributed by atoms with Gasteiger partial charge >= 0.3 is 12.0 Å². The molecule has 2 heterocycles. The molecule has 0 aromatic heterocycles. The number of nitrogens with zero attached hydrogens (tertiary/aromatic N) is 2. The molecule has 2 fully saturated rings. The fraction of sp³-hybridized carbons (Fsp3) is 0.417. The van der Waals surface area contributed by atoms with E-state index in [-0.39, 0.29) is 23.4 Å². The van der Waals surface area contributed by atoms with E-state index in [1.54, 1.807) is 11.8 Å². The van der Waals surface area contributed by atoms with Crippen molar-refractivity contribution in [1.29, 1.82) is 0 Å². The van der Waals surface area contributed by atoms with Crippen molar-refractivity contribution in [3.63, 3.8) is 0 Å². The van der Waals surface area contributed by atoms with Crippen molar-refractivity contribution < 1.29 is 14.7 Å². The highest BCUT2D eigenvalue weighted by Crippen LogP contribution is 2.44. The van der Waals surface area contributed by atoms with Crippen molar-refractivity contribution in [3.05, 3.63) is 71.8 Å². The summed E-state index contributed by atoms with van der Waals surface area (Å²) >= 11 is 1.73. The third kappa shape index (κ3) is 4.06. The topological polar surface area (TPSA) is 60.9 Å². The number of aliphatic carboxylic acids is 1. The van der Waals surface area contributed by atoms with E-state index in [1.807, 2.05) is 77.4 Å². The molecule has 2 aromatic rings. The Morgan fingerprint density at radius 1 is 1.03 bits per heavy atom. The number of amides is 2. The Labute approximate surface area is 182 Å². The van der Waals surface area contributed by atoms with Crippen LogP contribution in [-0.4, -0.2) is 50.0 Å². The van der Waals surface area contributed by atoms with E-state index in [4.69, 9.17) is 0 Å². The van der Waals surface area contributed by atoms with Crippen LogP contribution in [0.2, 0.25) is 0 Å². The van der Waals surface area contributed by atoms with Crippen molar-refractivity contribution in [3.8, 4) is 0 Å². The van der Waals surface area contributed by atoms with E-state index in [2.05, 4.69) is 0 Å². The fourth-order valence-corrected chi connectivity index (χ4v) is 6.54. The first-order valence-electron chi connectivity index (χ1n) is 10.6. The fourth-order valence-electron chi connectivity index (χ4n) is 4.73. The molecule has 2 aromatic carbocycles. The van der Waals surface area contributed by atoms with Gasteiger partial charge in [-0.15, -0.1) is 0 Å². The van der Waals surface area contributed by atoms with Gasteiger partial charge in [0, 0.05) is 24.1 Å². The van der Waals surface area contributed by atoms with Gasteiger partial charge in [-0.1, -0.05) is 74.0 Å². The summed E-state index contributed by atoms with van der Waals surface area (Å²) < 4.78 is 0. The van der Waals surface area contributed by atoms with Crippen LogP contribution in [-0.2, 0) is 17.9 Å². The van der Waals surface area contributed by atoms with Gasteiger partial charge in [-0.25, -0.2) is 4.79 Å². The summed E-state index contributed by atoms with van der Waals surface area (Å²) in [6.45, 7) is 3.10. The minimum Gasteiger partial charge on any atom is -0.481 e. The number of carbonyl (C=O) groups excluding carboxylic acids is 1. The molecule has 2 aliphatic rings. The number of carbonyl (C=O) groups is 2. The van der Waals surface area contributed by atoms with Crippen LogP contribution in [0.25, 0.3) is 0 Å². The number of carboxylic acid groups (broad SMARTS) is 1. The second-order valence-electron chi connectivity index (χ2n) is 8.10. The minimum absolute atomic E-state index is 0.0173. The van der Waals surface area contributed by atoms with Crippen LogP contribution < -0.4 is 0 Å². The number of benzene rings is 2. The summed E-state index contributed by atoms with van der Waals surface area (Å²) in [5.41, 5.74) is 2.17. The van der Waals surface area contributed by atoms with Crippen molar-refractivity contribution in [2.75, 3.05) is 5.75 Å². The normalized spacial score (nSPS) is 24.2. The molecular formula is C24H28N2O3S. The van der Waals surface area contributed by atoms with Gasteiger partial charge in [0.2, 0.25) is 0 Å². The maximum atomic E-state index is 13.5. The molecule has 2 amide bonds. The zero-order chi connectivity index (χ0) is 21.1. The summed E-state index contributed by atoms with van der Waals surface area (Å²) in [6, 6.07) is 20.0. The monoisotopic (exact) mass is 424 g/mol. The average Bonchev–Trinajstić information content (AvgIpc) is 3.28. The van der Waals surface area contributed by atoms with Gasteiger partial charge in [-0.2, -0.15) is 11.8 Å². The highest BCUT2D eigenvalue weighted by molar-refractivity contribution is 8.00. The molecule has 0 radical (unpaired) electrons. The summed E-state index contributed by atoms with van der Waals surface area (Å²) in [5, 5.41) is 9.81. The first-order chi connectivity index (χ1) is 14.6. The largest absolute Gasteiger partial charge is 0.481 e. The lowest BCUT2D eigenvalue weighted by Gasteiger charge is -2.30. The zero-order valence-electron chi connectivity index (χ0n) is 17.2. The molecule has 30 heavy (non-hydrogen) atoms. The molecule has 0 aliphatic carbocycles. The molecular weight excluding hydrogens is 396 g/mol. The number of fused-ring (bicyclic) bond motifs is 1. The predicted molar refractivity (Wildman–Crippen MR) is 119 cm³/mol. The smallest absolute Gasteiger partial charge is 0.321 e. The Bertz CT molecular complexity index is 877. The number of hydrogen-bond acceptors (Lipinski definition) is 3. The molecule has 158 valence electrons. The van der Waals surface area contributed by atoms with E-state index in [1.165, 1.54) is 0 Å². The first-order valence-corrected chi connectivity index (χ1v) is 11.6. The van der Waals surface area contributed by atoms with Gasteiger partial charge in [0.25, 0.3) is 0 Å². The van der Waals surface area contributed by atoms with Crippen LogP contribution in [0, 0.1) is 5.92 Å². The van der Waals surface area contributed by atoms with Gasteiger partial charge < -0.3 is 14.9 Å². The van der Waals surface area contributed by atoms with Crippen LogP contribution >= 0.6 is 11.8 Å². The second kappa shape index (κ2) is 9.13. The number of urea groups is 1. The molecule has 4 atom stereocenters. The molecule has 4 rings (SSSR count). The molecule has 6 heteroatoms. The highest BCUT2D eigenvalue weighted by atomic mass is 32.2. The first kappa shape index (κ1) is 20.8. The Morgan fingerprint density at radius 3 is 2.13 bits per heavy atom. The van der Waals surface area contributed by atoms with Crippen molar-refractivity contribution in [2.24, 2.45) is 5.92 Å². The second-order valence-corrected chi connectivity index (χ2v) is 9.31. The van der Waals surface area contributed by atoms with Crippen molar-refractivity contribution in [2.45, 2.75) is 50.2 Å². The molecule has 3 unspecified atom stereocenters. The quantitative estimate of drug-likeness (QED) is 0.635. The Morgan fingerprint density at radius 2 is 1.60 bits per heavy atom. The number of hydrogen-bond donors (Lipinski definition) is 1. The Balaban J connectivity index is 1.65. The van der Waals surface area contributed by atoms with E-state index in [9.17, 15) is 14.7 Å². The van der Waals surface area contributed by atoms with E-state index in [0.29, 0.717) is 19.5 Å². The predicted octanol–water partition coefficient (Wildman–Crippen LogP) is 4.48. The van der Waals surface area contributed by atoms with E-state index >= 15 is 0 Å². The third-order valence-electron chi connectivity index (χ3n) is 6.15. The lowest BCUT2D eigenvalue weighted by atomic mass is 9.91. The van der Waals surface area contributed by atoms with Crippen molar-refractivity contribution in [1.82, 2.24) is 9.80 Å². The molecule has 1 N–H and O–H groups in total. The summed E-state index contributed by atoms with van der Waals surface area (Å²) in [5.74, 6) is -0.395. The van der Waals surface area contributed by atoms with Crippen LogP contribution in [0.1, 0.15) is 30.9 Å². The number of carboxylic acids is 1. The van der Waals surface area contributed by atoms with Crippen LogP contribution in [0.4, 0.5) is 4.79 Å². The maximum Gasteiger partial charge on any atom is 0.321 e. The lowest BCUT2D eigenvalue weighted by Crippen LogP contribution is -2.45. The average molecular weight is 425 g/mol. The lowest BCUT2D eigenvalue weighted by molar-refractivity contribution is -0.142. The molecule has 2 aliphatic heterocycles. The molecule has 5 nitrogen and oxygen atoms in total. The van der Waals surface area contributed by atoms with Crippen molar-refractivity contribution >= 4 is 23.8 Å².